The molecule has 2 heterocycles. The van der Waals surface area contributed by atoms with Gasteiger partial charge in [0.15, 0.2) is 5.66 Å². The van der Waals surface area contributed by atoms with Crippen LogP contribution in [0.1, 0.15) is 35.7 Å². The Morgan fingerprint density at radius 1 is 1.00 bits per heavy atom. The molecule has 0 bridgehead atoms. The van der Waals surface area contributed by atoms with Gasteiger partial charge in [-0.05, 0) is 54.4 Å². The van der Waals surface area contributed by atoms with E-state index in [4.69, 9.17) is 27.9 Å². The molecule has 0 aromatic heterocycles. The van der Waals surface area contributed by atoms with E-state index in [1.807, 2.05) is 55.5 Å². The Bertz CT molecular complexity index is 1380. The summed E-state index contributed by atoms with van der Waals surface area (Å²) in [5.41, 5.74) is 0.874. The Kier molecular flexibility index (Phi) is 8.49. The molecule has 3 N–H and O–H groups in total. The zero-order valence-electron chi connectivity index (χ0n) is 22.1. The predicted octanol–water partition coefficient (Wildman–Crippen LogP) is 3.92. The lowest BCUT2D eigenvalue weighted by atomic mass is 9.95. The molecule has 3 unspecified atom stereocenters. The summed E-state index contributed by atoms with van der Waals surface area (Å²) in [6, 6.07) is 19.4. The summed E-state index contributed by atoms with van der Waals surface area (Å²) < 4.78 is 18.4. The molecular weight excluding hydrogens is 571 g/mol. The largest absolute Gasteiger partial charge is 0.493 e. The minimum absolute atomic E-state index is 0.0673. The Balaban J connectivity index is 1.70. The molecule has 8 nitrogen and oxygen atoms in total. The van der Waals surface area contributed by atoms with E-state index in [9.17, 15) is 13.8 Å². The van der Waals surface area contributed by atoms with E-state index in [0.29, 0.717) is 46.0 Å². The average Bonchev–Trinajstić information content (AvgIpc) is 3.35. The number of benzene rings is 3. The normalized spacial score (nSPS) is 23.5. The summed E-state index contributed by atoms with van der Waals surface area (Å²) in [7, 11) is -1.26. The first kappa shape index (κ1) is 28.6. The Morgan fingerprint density at radius 3 is 2.08 bits per heavy atom. The number of carbonyl (C=O) groups is 2. The molecule has 40 heavy (non-hydrogen) atoms. The maximum atomic E-state index is 14.6. The van der Waals surface area contributed by atoms with Crippen LogP contribution in [0, 0.1) is 0 Å². The van der Waals surface area contributed by atoms with Crippen LogP contribution in [0.15, 0.2) is 71.6 Å². The number of hydrogen-bond acceptors (Lipinski definition) is 6. The van der Waals surface area contributed by atoms with E-state index in [0.717, 1.165) is 11.1 Å². The van der Waals surface area contributed by atoms with Crippen molar-refractivity contribution in [2.45, 2.75) is 29.6 Å². The van der Waals surface area contributed by atoms with E-state index in [2.05, 4.69) is 16.0 Å². The number of halogens is 2. The number of nitrogens with one attached hydrogen (secondary N) is 3. The SMILES string of the molecule is CCOc1cc(S(C)=O)ccc1C1(C(=O)N2CCNC(=O)C2)NC(c2ccc(Cl)cc2)C(c2ccc(Cl)cc2)N1. The van der Waals surface area contributed by atoms with Crippen molar-refractivity contribution in [2.24, 2.45) is 0 Å². The van der Waals surface area contributed by atoms with Gasteiger partial charge in [-0.15, -0.1) is 0 Å². The molecule has 210 valence electrons. The van der Waals surface area contributed by atoms with E-state index >= 15 is 0 Å². The third kappa shape index (κ3) is 5.62. The molecule has 2 aliphatic heterocycles. The molecule has 0 aliphatic carbocycles. The Labute approximate surface area is 245 Å². The lowest BCUT2D eigenvalue weighted by molar-refractivity contribution is -0.144. The van der Waals surface area contributed by atoms with Crippen LogP contribution in [0.3, 0.4) is 0 Å². The molecule has 2 aliphatic rings. The highest BCUT2D eigenvalue weighted by molar-refractivity contribution is 7.84. The van der Waals surface area contributed by atoms with Crippen LogP contribution >= 0.6 is 23.2 Å². The van der Waals surface area contributed by atoms with Gasteiger partial charge in [0.05, 0.1) is 25.2 Å². The predicted molar refractivity (Wildman–Crippen MR) is 156 cm³/mol. The first-order valence-corrected chi connectivity index (χ1v) is 15.3. The van der Waals surface area contributed by atoms with Gasteiger partial charge in [0.25, 0.3) is 5.91 Å². The molecule has 2 saturated heterocycles. The quantitative estimate of drug-likeness (QED) is 0.380. The van der Waals surface area contributed by atoms with Crippen LogP contribution in [-0.2, 0) is 26.1 Å². The second kappa shape index (κ2) is 11.9. The monoisotopic (exact) mass is 600 g/mol. The van der Waals surface area contributed by atoms with Crippen LogP contribution in [0.2, 0.25) is 10.0 Å². The van der Waals surface area contributed by atoms with Crippen molar-refractivity contribution < 1.29 is 18.5 Å². The standard InChI is InChI=1S/C29H30Cl2N4O4S/c1-3-39-24-16-22(40(2)38)12-13-23(24)29(28(37)35-15-14-32-25(36)17-35)33-26(18-4-8-20(30)9-5-18)27(34-29)19-6-10-21(31)11-7-19/h4-13,16,26-27,33-34H,3,14-15,17H2,1-2H3,(H,32,36). The summed E-state index contributed by atoms with van der Waals surface area (Å²) in [4.78, 5) is 29.0. The first-order chi connectivity index (χ1) is 19.2. The number of ether oxygens (including phenoxy) is 1. The van der Waals surface area contributed by atoms with Gasteiger partial charge in [-0.1, -0.05) is 53.5 Å². The van der Waals surface area contributed by atoms with Crippen LogP contribution in [0.4, 0.5) is 0 Å². The fourth-order valence-electron chi connectivity index (χ4n) is 5.28. The van der Waals surface area contributed by atoms with E-state index < -0.39 is 16.5 Å². The van der Waals surface area contributed by atoms with E-state index in [1.54, 1.807) is 29.4 Å². The van der Waals surface area contributed by atoms with Gasteiger partial charge < -0.3 is 15.0 Å². The van der Waals surface area contributed by atoms with Gasteiger partial charge >= 0.3 is 0 Å². The summed E-state index contributed by atoms with van der Waals surface area (Å²) >= 11 is 12.4. The summed E-state index contributed by atoms with van der Waals surface area (Å²) in [6.07, 6.45) is 1.59. The first-order valence-electron chi connectivity index (χ1n) is 12.9. The number of nitrogens with zero attached hydrogens (tertiary/aromatic N) is 1. The third-order valence-electron chi connectivity index (χ3n) is 7.17. The second-order valence-electron chi connectivity index (χ2n) is 9.72. The highest BCUT2D eigenvalue weighted by atomic mass is 35.5. The number of carbonyl (C=O) groups excluding carboxylic acids is 2. The number of piperazine rings is 1. The summed E-state index contributed by atoms with van der Waals surface area (Å²) in [5.74, 6) is -0.112. The van der Waals surface area contributed by atoms with Gasteiger partial charge in [-0.25, -0.2) is 0 Å². The van der Waals surface area contributed by atoms with Crippen molar-refractivity contribution in [2.75, 3.05) is 32.5 Å². The molecule has 3 atom stereocenters. The van der Waals surface area contributed by atoms with Crippen molar-refractivity contribution >= 4 is 45.8 Å². The molecule has 5 rings (SSSR count). The van der Waals surface area contributed by atoms with Crippen molar-refractivity contribution in [3.63, 3.8) is 0 Å². The van der Waals surface area contributed by atoms with Crippen molar-refractivity contribution in [3.05, 3.63) is 93.5 Å². The summed E-state index contributed by atoms with van der Waals surface area (Å²) in [6.45, 7) is 2.83. The highest BCUT2D eigenvalue weighted by Crippen LogP contribution is 2.45. The zero-order chi connectivity index (χ0) is 28.4. The van der Waals surface area contributed by atoms with Crippen molar-refractivity contribution in [1.29, 1.82) is 0 Å². The van der Waals surface area contributed by atoms with Crippen molar-refractivity contribution in [1.82, 2.24) is 20.9 Å². The lowest BCUT2D eigenvalue weighted by Gasteiger charge is -2.37. The molecular formula is C29H30Cl2N4O4S. The fraction of sp³-hybridized carbons (Fsp3) is 0.310. The maximum Gasteiger partial charge on any atom is 0.263 e. The molecule has 0 saturated carbocycles. The van der Waals surface area contributed by atoms with Gasteiger partial charge in [-0.3, -0.25) is 24.4 Å². The van der Waals surface area contributed by atoms with Gasteiger partial charge in [0.2, 0.25) is 5.91 Å². The van der Waals surface area contributed by atoms with Crippen LogP contribution in [-0.4, -0.2) is 53.4 Å². The third-order valence-corrected chi connectivity index (χ3v) is 8.59. The minimum Gasteiger partial charge on any atom is -0.493 e. The minimum atomic E-state index is -1.48. The molecule has 3 aromatic rings. The Morgan fingerprint density at radius 2 is 1.57 bits per heavy atom. The maximum absolute atomic E-state index is 14.6. The number of rotatable bonds is 7. The summed E-state index contributed by atoms with van der Waals surface area (Å²) in [5, 5.41) is 11.2. The molecule has 2 fully saturated rings. The lowest BCUT2D eigenvalue weighted by Crippen LogP contribution is -2.62. The molecule has 2 amide bonds. The zero-order valence-corrected chi connectivity index (χ0v) is 24.4. The van der Waals surface area contributed by atoms with Crippen LogP contribution in [0.25, 0.3) is 0 Å². The average molecular weight is 602 g/mol. The molecule has 11 heteroatoms. The van der Waals surface area contributed by atoms with E-state index in [-0.39, 0.29) is 30.4 Å². The van der Waals surface area contributed by atoms with Crippen LogP contribution < -0.4 is 20.7 Å². The van der Waals surface area contributed by atoms with Gasteiger partial charge in [0, 0.05) is 50.6 Å². The smallest absolute Gasteiger partial charge is 0.263 e. The van der Waals surface area contributed by atoms with Gasteiger partial charge in [0.1, 0.15) is 5.75 Å². The second-order valence-corrected chi connectivity index (χ2v) is 12.0. The van der Waals surface area contributed by atoms with E-state index in [1.165, 1.54) is 0 Å². The van der Waals surface area contributed by atoms with Crippen molar-refractivity contribution in [3.8, 4) is 5.75 Å². The number of amides is 2. The topological polar surface area (TPSA) is 99.8 Å². The van der Waals surface area contributed by atoms with Gasteiger partial charge in [-0.2, -0.15) is 0 Å². The number of hydrogen-bond donors (Lipinski definition) is 3. The molecule has 0 radical (unpaired) electrons. The molecule has 3 aromatic carbocycles. The Hall–Kier alpha value is -2.95. The van der Waals surface area contributed by atoms with Crippen LogP contribution in [0.5, 0.6) is 5.75 Å². The highest BCUT2D eigenvalue weighted by Gasteiger charge is 2.54. The molecule has 0 spiro atoms. The fourth-order valence-corrected chi connectivity index (χ4v) is 6.06.